The molecule has 0 saturated heterocycles. The summed E-state index contributed by atoms with van der Waals surface area (Å²) in [6.45, 7) is 8.14. The van der Waals surface area contributed by atoms with E-state index in [9.17, 15) is 0 Å². The van der Waals surface area contributed by atoms with Gasteiger partial charge in [-0.05, 0) is 25.5 Å². The molecule has 94 valence electrons. The molecule has 0 radical (unpaired) electrons. The first-order chi connectivity index (χ1) is 7.60. The Morgan fingerprint density at radius 2 is 2.06 bits per heavy atom. The standard InChI is InChI=1S/C11H21N.C2H4O2/c1-3-5-6-8-12-9-7-11(4-2)10-12;1-2(3)4/h10H,3-9H2,1-2H3;1H3,(H,3,4). The smallest absolute Gasteiger partial charge is 0.300 e. The van der Waals surface area contributed by atoms with Crippen molar-refractivity contribution in [3.63, 3.8) is 0 Å². The van der Waals surface area contributed by atoms with Crippen molar-refractivity contribution in [1.82, 2.24) is 4.90 Å². The van der Waals surface area contributed by atoms with Crippen LogP contribution < -0.4 is 0 Å². The summed E-state index contributed by atoms with van der Waals surface area (Å²) in [5, 5.41) is 7.42. The molecule has 1 rings (SSSR count). The van der Waals surface area contributed by atoms with Crippen LogP contribution in [-0.2, 0) is 4.79 Å². The molecule has 0 aromatic carbocycles. The third-order valence-corrected chi connectivity index (χ3v) is 2.59. The van der Waals surface area contributed by atoms with Crippen LogP contribution in [0.15, 0.2) is 11.8 Å². The molecule has 16 heavy (non-hydrogen) atoms. The molecule has 0 aromatic heterocycles. The van der Waals surface area contributed by atoms with E-state index in [1.54, 1.807) is 5.57 Å². The van der Waals surface area contributed by atoms with E-state index in [1.165, 1.54) is 45.2 Å². The highest BCUT2D eigenvalue weighted by Crippen LogP contribution is 2.17. The van der Waals surface area contributed by atoms with E-state index < -0.39 is 5.97 Å². The minimum Gasteiger partial charge on any atom is -0.481 e. The SMILES string of the molecule is CC(=O)O.CCCCCN1C=C(CC)CC1. The molecule has 0 aliphatic carbocycles. The molecule has 0 fully saturated rings. The first-order valence-corrected chi connectivity index (χ1v) is 6.23. The highest BCUT2D eigenvalue weighted by molar-refractivity contribution is 5.62. The summed E-state index contributed by atoms with van der Waals surface area (Å²) in [4.78, 5) is 11.5. The number of carbonyl (C=O) groups is 1. The fraction of sp³-hybridized carbons (Fsp3) is 0.769. The minimum absolute atomic E-state index is 0.833. The first-order valence-electron chi connectivity index (χ1n) is 6.23. The van der Waals surface area contributed by atoms with Gasteiger partial charge in [-0.1, -0.05) is 32.3 Å². The van der Waals surface area contributed by atoms with Crippen molar-refractivity contribution in [2.24, 2.45) is 0 Å². The van der Waals surface area contributed by atoms with E-state index >= 15 is 0 Å². The number of nitrogens with zero attached hydrogens (tertiary/aromatic N) is 1. The first kappa shape index (κ1) is 15.0. The second-order valence-electron chi connectivity index (χ2n) is 4.15. The zero-order chi connectivity index (χ0) is 12.4. The van der Waals surface area contributed by atoms with Gasteiger partial charge in [0.15, 0.2) is 0 Å². The van der Waals surface area contributed by atoms with Gasteiger partial charge in [-0.25, -0.2) is 0 Å². The monoisotopic (exact) mass is 227 g/mol. The van der Waals surface area contributed by atoms with Gasteiger partial charge in [-0.2, -0.15) is 0 Å². The maximum absolute atomic E-state index is 9.00. The lowest BCUT2D eigenvalue weighted by molar-refractivity contribution is -0.134. The van der Waals surface area contributed by atoms with Crippen LogP contribution >= 0.6 is 0 Å². The molecule has 0 unspecified atom stereocenters. The molecule has 0 saturated carbocycles. The number of aliphatic carboxylic acids is 1. The fourth-order valence-electron chi connectivity index (χ4n) is 1.68. The molecular formula is C13H25NO2. The van der Waals surface area contributed by atoms with E-state index in [-0.39, 0.29) is 0 Å². The predicted molar refractivity (Wildman–Crippen MR) is 67.4 cm³/mol. The van der Waals surface area contributed by atoms with Gasteiger partial charge in [0.05, 0.1) is 0 Å². The highest BCUT2D eigenvalue weighted by Gasteiger charge is 2.09. The van der Waals surface area contributed by atoms with Crippen molar-refractivity contribution in [2.45, 2.75) is 52.9 Å². The van der Waals surface area contributed by atoms with Gasteiger partial charge in [-0.15, -0.1) is 0 Å². The van der Waals surface area contributed by atoms with Gasteiger partial charge in [0.25, 0.3) is 5.97 Å². The average Bonchev–Trinajstić information content (AvgIpc) is 2.65. The Balaban J connectivity index is 0.000000487. The summed E-state index contributed by atoms with van der Waals surface area (Å²) in [5.74, 6) is -0.833. The van der Waals surface area contributed by atoms with Gasteiger partial charge in [0.2, 0.25) is 0 Å². The Morgan fingerprint density at radius 3 is 2.50 bits per heavy atom. The van der Waals surface area contributed by atoms with E-state index in [1.807, 2.05) is 0 Å². The van der Waals surface area contributed by atoms with Crippen molar-refractivity contribution in [3.8, 4) is 0 Å². The quantitative estimate of drug-likeness (QED) is 0.733. The molecular weight excluding hydrogens is 202 g/mol. The Labute approximate surface area is 99.1 Å². The lowest BCUT2D eigenvalue weighted by atomic mass is 10.2. The molecule has 1 aliphatic heterocycles. The van der Waals surface area contributed by atoms with Crippen LogP contribution in [0.3, 0.4) is 0 Å². The number of rotatable bonds is 5. The van der Waals surface area contributed by atoms with Gasteiger partial charge >= 0.3 is 0 Å². The molecule has 0 amide bonds. The summed E-state index contributed by atoms with van der Waals surface area (Å²) in [6.07, 6.45) is 9.00. The van der Waals surface area contributed by atoms with Crippen LogP contribution in [0.25, 0.3) is 0 Å². The van der Waals surface area contributed by atoms with Gasteiger partial charge in [-0.3, -0.25) is 4.79 Å². The number of hydrogen-bond acceptors (Lipinski definition) is 2. The molecule has 1 heterocycles. The molecule has 1 aliphatic rings. The van der Waals surface area contributed by atoms with Crippen molar-refractivity contribution in [3.05, 3.63) is 11.8 Å². The summed E-state index contributed by atoms with van der Waals surface area (Å²) in [6, 6.07) is 0. The normalized spacial score (nSPS) is 14.2. The second-order valence-corrected chi connectivity index (χ2v) is 4.15. The summed E-state index contributed by atoms with van der Waals surface area (Å²) >= 11 is 0. The lowest BCUT2D eigenvalue weighted by Gasteiger charge is -2.13. The third-order valence-electron chi connectivity index (χ3n) is 2.59. The van der Waals surface area contributed by atoms with E-state index in [0.29, 0.717) is 0 Å². The molecule has 3 heteroatoms. The average molecular weight is 227 g/mol. The molecule has 0 aromatic rings. The Morgan fingerprint density at radius 1 is 1.44 bits per heavy atom. The summed E-state index contributed by atoms with van der Waals surface area (Å²) in [5.41, 5.74) is 1.63. The Hall–Kier alpha value is -0.990. The van der Waals surface area contributed by atoms with Gasteiger partial charge in [0, 0.05) is 20.0 Å². The predicted octanol–water partition coefficient (Wildman–Crippen LogP) is 3.27. The van der Waals surface area contributed by atoms with E-state index in [2.05, 4.69) is 24.9 Å². The maximum atomic E-state index is 9.00. The van der Waals surface area contributed by atoms with Crippen LogP contribution in [0.1, 0.15) is 52.9 Å². The summed E-state index contributed by atoms with van der Waals surface area (Å²) < 4.78 is 0. The van der Waals surface area contributed by atoms with Gasteiger partial charge < -0.3 is 10.0 Å². The van der Waals surface area contributed by atoms with Crippen molar-refractivity contribution >= 4 is 5.97 Å². The van der Waals surface area contributed by atoms with Gasteiger partial charge in [0.1, 0.15) is 0 Å². The Bertz CT molecular complexity index is 220. The number of unbranched alkanes of at least 4 members (excludes halogenated alkanes) is 2. The molecule has 3 nitrogen and oxygen atoms in total. The molecule has 0 atom stereocenters. The van der Waals surface area contributed by atoms with Crippen LogP contribution in [-0.4, -0.2) is 29.1 Å². The zero-order valence-electron chi connectivity index (χ0n) is 10.8. The van der Waals surface area contributed by atoms with Crippen LogP contribution in [0.5, 0.6) is 0 Å². The van der Waals surface area contributed by atoms with Crippen molar-refractivity contribution < 1.29 is 9.90 Å². The Kier molecular flexibility index (Phi) is 8.68. The lowest BCUT2D eigenvalue weighted by Crippen LogP contribution is -2.15. The van der Waals surface area contributed by atoms with Crippen LogP contribution in [0.4, 0.5) is 0 Å². The summed E-state index contributed by atoms with van der Waals surface area (Å²) in [7, 11) is 0. The van der Waals surface area contributed by atoms with Crippen molar-refractivity contribution in [2.75, 3.05) is 13.1 Å². The largest absolute Gasteiger partial charge is 0.481 e. The zero-order valence-corrected chi connectivity index (χ0v) is 10.8. The number of carboxylic acids is 1. The highest BCUT2D eigenvalue weighted by atomic mass is 16.4. The number of hydrogen-bond donors (Lipinski definition) is 1. The van der Waals surface area contributed by atoms with Crippen LogP contribution in [0, 0.1) is 0 Å². The fourth-order valence-corrected chi connectivity index (χ4v) is 1.68. The minimum atomic E-state index is -0.833. The van der Waals surface area contributed by atoms with E-state index in [4.69, 9.17) is 9.90 Å². The maximum Gasteiger partial charge on any atom is 0.300 e. The van der Waals surface area contributed by atoms with Crippen molar-refractivity contribution in [1.29, 1.82) is 0 Å². The molecule has 0 bridgehead atoms. The molecule has 0 spiro atoms. The number of carboxylic acid groups (broad SMARTS) is 1. The van der Waals surface area contributed by atoms with E-state index in [0.717, 1.165) is 6.92 Å². The second kappa shape index (κ2) is 9.25. The third kappa shape index (κ3) is 8.33. The van der Waals surface area contributed by atoms with Crippen LogP contribution in [0.2, 0.25) is 0 Å². The molecule has 1 N–H and O–H groups in total. The topological polar surface area (TPSA) is 40.5 Å².